The minimum Gasteiger partial charge on any atom is -0.465 e. The third-order valence-electron chi connectivity index (χ3n) is 3.86. The number of hydrogen-bond acceptors (Lipinski definition) is 7. The van der Waals surface area contributed by atoms with Gasteiger partial charge in [0, 0.05) is 16.3 Å². The van der Waals surface area contributed by atoms with Gasteiger partial charge in [-0.2, -0.15) is 0 Å². The topological polar surface area (TPSA) is 108 Å². The predicted octanol–water partition coefficient (Wildman–Crippen LogP) is 2.47. The summed E-state index contributed by atoms with van der Waals surface area (Å²) < 4.78 is 14.5. The lowest BCUT2D eigenvalue weighted by Crippen LogP contribution is -2.10. The second kappa shape index (κ2) is 6.83. The molecule has 0 aliphatic heterocycles. The van der Waals surface area contributed by atoms with Crippen molar-refractivity contribution in [2.45, 2.75) is 6.92 Å². The van der Waals surface area contributed by atoms with E-state index in [1.54, 1.807) is 25.1 Å². The van der Waals surface area contributed by atoms with E-state index in [0.717, 1.165) is 0 Å². The summed E-state index contributed by atoms with van der Waals surface area (Å²) in [5.74, 6) is -1.81. The van der Waals surface area contributed by atoms with Gasteiger partial charge >= 0.3 is 17.9 Å². The third-order valence-corrected chi connectivity index (χ3v) is 3.86. The number of hydrogen-bond donors (Lipinski definition) is 1. The van der Waals surface area contributed by atoms with Gasteiger partial charge in [-0.3, -0.25) is 0 Å². The SMILES string of the molecule is CCOC(=O)c1cc2ccc3[nH]c(C(=O)OC)cc(C(=O)OC)c3c2n1. The Morgan fingerprint density at radius 1 is 1.04 bits per heavy atom. The van der Waals surface area contributed by atoms with Gasteiger partial charge < -0.3 is 19.2 Å². The zero-order valence-electron chi connectivity index (χ0n) is 14.4. The second-order valence-corrected chi connectivity index (χ2v) is 5.37. The van der Waals surface area contributed by atoms with Gasteiger partial charge in [0.25, 0.3) is 0 Å². The van der Waals surface area contributed by atoms with Crippen LogP contribution in [0.15, 0.2) is 24.3 Å². The van der Waals surface area contributed by atoms with Crippen LogP contribution in [0.5, 0.6) is 0 Å². The smallest absolute Gasteiger partial charge is 0.356 e. The molecule has 3 aromatic rings. The van der Waals surface area contributed by atoms with Crippen molar-refractivity contribution >= 4 is 39.7 Å². The summed E-state index contributed by atoms with van der Waals surface area (Å²) in [6, 6.07) is 6.35. The first kappa shape index (κ1) is 17.4. The van der Waals surface area contributed by atoms with Gasteiger partial charge in [0.05, 0.1) is 31.9 Å². The zero-order chi connectivity index (χ0) is 18.8. The van der Waals surface area contributed by atoms with E-state index in [-0.39, 0.29) is 23.6 Å². The second-order valence-electron chi connectivity index (χ2n) is 5.37. The molecule has 0 saturated carbocycles. The van der Waals surface area contributed by atoms with Crippen LogP contribution in [0.1, 0.15) is 38.3 Å². The number of nitrogens with one attached hydrogen (secondary N) is 1. The fourth-order valence-electron chi connectivity index (χ4n) is 2.72. The fraction of sp³-hybridized carbons (Fsp3) is 0.222. The highest BCUT2D eigenvalue weighted by Crippen LogP contribution is 2.29. The van der Waals surface area contributed by atoms with Crippen molar-refractivity contribution in [2.24, 2.45) is 0 Å². The summed E-state index contributed by atoms with van der Waals surface area (Å²) >= 11 is 0. The summed E-state index contributed by atoms with van der Waals surface area (Å²) in [4.78, 5) is 43.3. The molecule has 0 atom stereocenters. The lowest BCUT2D eigenvalue weighted by atomic mass is 10.0. The van der Waals surface area contributed by atoms with Crippen LogP contribution in [-0.4, -0.2) is 48.7 Å². The van der Waals surface area contributed by atoms with Crippen molar-refractivity contribution in [1.29, 1.82) is 0 Å². The van der Waals surface area contributed by atoms with E-state index < -0.39 is 17.9 Å². The van der Waals surface area contributed by atoms with Crippen molar-refractivity contribution in [3.8, 4) is 0 Å². The van der Waals surface area contributed by atoms with Crippen molar-refractivity contribution in [3.05, 3.63) is 41.2 Å². The Kier molecular flexibility index (Phi) is 4.57. The molecule has 0 amide bonds. The van der Waals surface area contributed by atoms with Crippen LogP contribution >= 0.6 is 0 Å². The summed E-state index contributed by atoms with van der Waals surface area (Å²) in [5, 5.41) is 1.10. The number of fused-ring (bicyclic) bond motifs is 3. The van der Waals surface area contributed by atoms with Crippen LogP contribution in [0.2, 0.25) is 0 Å². The number of pyridine rings is 1. The molecule has 1 N–H and O–H groups in total. The standard InChI is InChI=1S/C18H16N2O6/c1-4-26-18(23)12-7-9-5-6-11-14(15(9)20-12)10(16(21)24-2)8-13(19-11)17(22)25-3/h5-8,19H,4H2,1-3H3. The number of carbonyl (C=O) groups is 3. The number of aromatic nitrogens is 2. The molecule has 8 heteroatoms. The average molecular weight is 356 g/mol. The Morgan fingerprint density at radius 3 is 2.42 bits per heavy atom. The first-order valence-corrected chi connectivity index (χ1v) is 7.80. The van der Waals surface area contributed by atoms with E-state index in [4.69, 9.17) is 14.2 Å². The van der Waals surface area contributed by atoms with Gasteiger partial charge in [0.15, 0.2) is 0 Å². The quantitative estimate of drug-likeness (QED) is 0.565. The molecule has 3 rings (SSSR count). The number of aromatic amines is 1. The van der Waals surface area contributed by atoms with Gasteiger partial charge in [0.2, 0.25) is 0 Å². The molecular weight excluding hydrogens is 340 g/mol. The van der Waals surface area contributed by atoms with Crippen LogP contribution in [-0.2, 0) is 14.2 Å². The maximum Gasteiger partial charge on any atom is 0.356 e. The van der Waals surface area contributed by atoms with Crippen LogP contribution in [0.4, 0.5) is 0 Å². The number of carbonyl (C=O) groups excluding carboxylic acids is 3. The number of H-pyrrole nitrogens is 1. The van der Waals surface area contributed by atoms with Crippen LogP contribution < -0.4 is 0 Å². The van der Waals surface area contributed by atoms with E-state index in [1.165, 1.54) is 20.3 Å². The number of methoxy groups -OCH3 is 2. The molecule has 2 aromatic heterocycles. The van der Waals surface area contributed by atoms with Crippen LogP contribution in [0, 0.1) is 0 Å². The number of nitrogens with zero attached hydrogens (tertiary/aromatic N) is 1. The summed E-state index contributed by atoms with van der Waals surface area (Å²) in [6.45, 7) is 1.93. The Hall–Kier alpha value is -3.42. The first-order valence-electron chi connectivity index (χ1n) is 7.80. The van der Waals surface area contributed by atoms with Gasteiger partial charge in [-0.1, -0.05) is 6.07 Å². The molecule has 0 aliphatic rings. The number of esters is 3. The highest BCUT2D eigenvalue weighted by atomic mass is 16.5. The molecule has 0 radical (unpaired) electrons. The molecule has 0 aliphatic carbocycles. The largest absolute Gasteiger partial charge is 0.465 e. The molecule has 0 spiro atoms. The molecule has 26 heavy (non-hydrogen) atoms. The Bertz CT molecular complexity index is 1040. The maximum absolute atomic E-state index is 12.3. The molecular formula is C18H16N2O6. The molecule has 134 valence electrons. The van der Waals surface area contributed by atoms with Crippen molar-refractivity contribution in [2.75, 3.05) is 20.8 Å². The third kappa shape index (κ3) is 2.85. The maximum atomic E-state index is 12.3. The van der Waals surface area contributed by atoms with Gasteiger partial charge in [-0.25, -0.2) is 19.4 Å². The average Bonchev–Trinajstić information content (AvgIpc) is 3.10. The summed E-state index contributed by atoms with van der Waals surface area (Å²) in [7, 11) is 2.48. The molecule has 0 unspecified atom stereocenters. The molecule has 1 aromatic carbocycles. The predicted molar refractivity (Wildman–Crippen MR) is 92.2 cm³/mol. The fourth-order valence-corrected chi connectivity index (χ4v) is 2.72. The molecule has 2 heterocycles. The number of rotatable bonds is 4. The Balaban J connectivity index is 2.32. The molecule has 0 fully saturated rings. The highest BCUT2D eigenvalue weighted by Gasteiger charge is 2.21. The van der Waals surface area contributed by atoms with E-state index in [0.29, 0.717) is 21.8 Å². The van der Waals surface area contributed by atoms with Crippen molar-refractivity contribution < 1.29 is 28.6 Å². The van der Waals surface area contributed by atoms with E-state index in [9.17, 15) is 14.4 Å². The first-order chi connectivity index (χ1) is 12.5. The highest BCUT2D eigenvalue weighted by molar-refractivity contribution is 6.16. The minimum absolute atomic E-state index is 0.0944. The minimum atomic E-state index is -0.637. The number of ether oxygens (including phenoxy) is 3. The summed E-state index contributed by atoms with van der Waals surface area (Å²) in [6.07, 6.45) is 0. The van der Waals surface area contributed by atoms with Gasteiger partial charge in [-0.05, 0) is 25.1 Å². The molecule has 0 saturated heterocycles. The van der Waals surface area contributed by atoms with Crippen LogP contribution in [0.25, 0.3) is 21.8 Å². The van der Waals surface area contributed by atoms with E-state index in [2.05, 4.69) is 9.97 Å². The Morgan fingerprint density at radius 2 is 1.77 bits per heavy atom. The summed E-state index contributed by atoms with van der Waals surface area (Å²) in [5.41, 5.74) is 1.29. The lowest BCUT2D eigenvalue weighted by Gasteiger charge is -2.09. The molecule has 0 bridgehead atoms. The van der Waals surface area contributed by atoms with Gasteiger partial charge in [0.1, 0.15) is 11.4 Å². The monoisotopic (exact) mass is 356 g/mol. The zero-order valence-corrected chi connectivity index (χ0v) is 14.4. The number of benzene rings is 1. The van der Waals surface area contributed by atoms with Crippen molar-refractivity contribution in [3.63, 3.8) is 0 Å². The Labute approximate surface area is 148 Å². The molecule has 8 nitrogen and oxygen atoms in total. The van der Waals surface area contributed by atoms with Gasteiger partial charge in [-0.15, -0.1) is 0 Å². The normalized spacial score (nSPS) is 10.7. The van der Waals surface area contributed by atoms with Crippen molar-refractivity contribution in [1.82, 2.24) is 9.97 Å². The van der Waals surface area contributed by atoms with Crippen LogP contribution in [0.3, 0.4) is 0 Å². The van der Waals surface area contributed by atoms with E-state index in [1.807, 2.05) is 0 Å². The van der Waals surface area contributed by atoms with E-state index >= 15 is 0 Å². The lowest BCUT2D eigenvalue weighted by molar-refractivity contribution is 0.0518.